The van der Waals surface area contributed by atoms with Crippen molar-refractivity contribution < 1.29 is 9.47 Å². The van der Waals surface area contributed by atoms with E-state index < -0.39 is 0 Å². The summed E-state index contributed by atoms with van der Waals surface area (Å²) in [4.78, 5) is 11.8. The molecular formula is C25H34N4O2. The second-order valence-electron chi connectivity index (χ2n) is 8.83. The Morgan fingerprint density at radius 2 is 1.97 bits per heavy atom. The quantitative estimate of drug-likeness (QED) is 0.574. The highest BCUT2D eigenvalue weighted by Gasteiger charge is 2.20. The van der Waals surface area contributed by atoms with E-state index in [0.29, 0.717) is 29.8 Å². The van der Waals surface area contributed by atoms with Gasteiger partial charge < -0.3 is 19.7 Å². The van der Waals surface area contributed by atoms with Crippen LogP contribution in [0.1, 0.15) is 49.9 Å². The van der Waals surface area contributed by atoms with Crippen LogP contribution in [0.2, 0.25) is 0 Å². The number of aryl methyl sites for hydroxylation is 1. The lowest BCUT2D eigenvalue weighted by atomic mass is 10.0. The fraction of sp³-hybridized carbons (Fsp3) is 0.520. The van der Waals surface area contributed by atoms with E-state index in [2.05, 4.69) is 41.2 Å². The van der Waals surface area contributed by atoms with Crippen LogP contribution in [0.5, 0.6) is 11.5 Å². The van der Waals surface area contributed by atoms with Crippen LogP contribution in [0.4, 0.5) is 11.6 Å². The number of allylic oxidation sites excluding steroid dienone is 1. The molecule has 0 unspecified atom stereocenters. The molecule has 2 aromatic heterocycles. The van der Waals surface area contributed by atoms with E-state index in [9.17, 15) is 0 Å². The van der Waals surface area contributed by atoms with Gasteiger partial charge in [-0.3, -0.25) is 0 Å². The maximum absolute atomic E-state index is 6.07. The van der Waals surface area contributed by atoms with Crippen molar-refractivity contribution in [3.63, 3.8) is 0 Å². The largest absolute Gasteiger partial charge is 0.491 e. The number of rotatable bonds is 9. The van der Waals surface area contributed by atoms with Crippen molar-refractivity contribution in [2.75, 3.05) is 38.7 Å². The molecule has 4 rings (SSSR count). The Balaban J connectivity index is 1.47. The molecule has 0 bridgehead atoms. The molecule has 1 aliphatic carbocycles. The number of pyridine rings is 2. The Morgan fingerprint density at radius 3 is 2.71 bits per heavy atom. The molecule has 0 saturated carbocycles. The summed E-state index contributed by atoms with van der Waals surface area (Å²) in [6.45, 7) is 10.7. The highest BCUT2D eigenvalue weighted by atomic mass is 16.5. The summed E-state index contributed by atoms with van der Waals surface area (Å²) >= 11 is 0. The predicted octanol–water partition coefficient (Wildman–Crippen LogP) is 5.00. The molecule has 31 heavy (non-hydrogen) atoms. The van der Waals surface area contributed by atoms with Gasteiger partial charge in [-0.1, -0.05) is 25.5 Å². The van der Waals surface area contributed by atoms with Gasteiger partial charge in [0.2, 0.25) is 0 Å². The normalized spacial score (nSPS) is 15.8. The second kappa shape index (κ2) is 9.69. The van der Waals surface area contributed by atoms with Crippen molar-refractivity contribution in [1.82, 2.24) is 14.9 Å². The van der Waals surface area contributed by atoms with E-state index in [0.717, 1.165) is 30.9 Å². The summed E-state index contributed by atoms with van der Waals surface area (Å²) in [5.41, 5.74) is 4.94. The van der Waals surface area contributed by atoms with Crippen LogP contribution in [0.15, 0.2) is 23.9 Å². The topological polar surface area (TPSA) is 59.5 Å². The molecule has 1 saturated heterocycles. The van der Waals surface area contributed by atoms with Crippen molar-refractivity contribution in [1.29, 1.82) is 0 Å². The molecule has 0 atom stereocenters. The highest BCUT2D eigenvalue weighted by Crippen LogP contribution is 2.36. The summed E-state index contributed by atoms with van der Waals surface area (Å²) in [6.07, 6.45) is 8.62. The van der Waals surface area contributed by atoms with Gasteiger partial charge in [0.15, 0.2) is 11.5 Å². The molecule has 1 fully saturated rings. The molecule has 0 amide bonds. The monoisotopic (exact) mass is 422 g/mol. The molecule has 2 aromatic rings. The van der Waals surface area contributed by atoms with Crippen LogP contribution in [-0.4, -0.2) is 48.2 Å². The first-order valence-corrected chi connectivity index (χ1v) is 11.4. The van der Waals surface area contributed by atoms with Crippen molar-refractivity contribution in [2.45, 2.75) is 46.5 Å². The number of aromatic nitrogens is 2. The summed E-state index contributed by atoms with van der Waals surface area (Å²) in [7, 11) is 1.65. The van der Waals surface area contributed by atoms with Crippen LogP contribution in [0, 0.1) is 12.8 Å². The minimum absolute atomic E-state index is 0.528. The number of nitrogens with zero attached hydrogens (tertiary/aromatic N) is 3. The lowest BCUT2D eigenvalue weighted by Gasteiger charge is -2.16. The maximum atomic E-state index is 6.07. The van der Waals surface area contributed by atoms with Crippen LogP contribution in [0.25, 0.3) is 6.08 Å². The molecule has 1 aliphatic heterocycles. The maximum Gasteiger partial charge on any atom is 0.179 e. The standard InChI is InChI=1S/C25H34N4O2/c1-17(2)19-13-20-12-18(3)27-25(21(20)14-19)28-24-15-22(23(30-4)16-26-24)31-11-7-10-29-8-5-6-9-29/h12,14-17H,5-11,13H2,1-4H3,(H,26,27,28). The number of methoxy groups -OCH3 is 1. The Morgan fingerprint density at radius 1 is 1.16 bits per heavy atom. The van der Waals surface area contributed by atoms with Gasteiger partial charge in [0.25, 0.3) is 0 Å². The Kier molecular flexibility index (Phi) is 6.76. The molecule has 0 aromatic carbocycles. The van der Waals surface area contributed by atoms with E-state index >= 15 is 0 Å². The average Bonchev–Trinajstić information content (AvgIpc) is 3.41. The molecule has 0 radical (unpaired) electrons. The summed E-state index contributed by atoms with van der Waals surface area (Å²) in [5, 5.41) is 3.42. The Hall–Kier alpha value is -2.60. The van der Waals surface area contributed by atoms with Gasteiger partial charge in [0.05, 0.1) is 19.9 Å². The first-order valence-electron chi connectivity index (χ1n) is 11.4. The average molecular weight is 423 g/mol. The van der Waals surface area contributed by atoms with Gasteiger partial charge in [-0.15, -0.1) is 0 Å². The van der Waals surface area contributed by atoms with E-state index in [1.54, 1.807) is 13.3 Å². The van der Waals surface area contributed by atoms with E-state index in [4.69, 9.17) is 14.5 Å². The van der Waals surface area contributed by atoms with Crippen LogP contribution < -0.4 is 14.8 Å². The summed E-state index contributed by atoms with van der Waals surface area (Å²) in [5.74, 6) is 3.45. The van der Waals surface area contributed by atoms with Gasteiger partial charge in [-0.25, -0.2) is 9.97 Å². The van der Waals surface area contributed by atoms with Gasteiger partial charge in [-0.2, -0.15) is 0 Å². The number of nitrogens with one attached hydrogen (secondary N) is 1. The van der Waals surface area contributed by atoms with Gasteiger partial charge in [0.1, 0.15) is 11.6 Å². The number of anilines is 2. The summed E-state index contributed by atoms with van der Waals surface area (Å²) < 4.78 is 11.5. The molecule has 1 N–H and O–H groups in total. The van der Waals surface area contributed by atoms with Crippen molar-refractivity contribution in [2.24, 2.45) is 5.92 Å². The minimum Gasteiger partial charge on any atom is -0.491 e. The van der Waals surface area contributed by atoms with E-state index in [1.165, 1.54) is 42.6 Å². The molecule has 2 aliphatic rings. The van der Waals surface area contributed by atoms with Crippen molar-refractivity contribution in [3.05, 3.63) is 40.7 Å². The smallest absolute Gasteiger partial charge is 0.179 e. The van der Waals surface area contributed by atoms with Gasteiger partial charge in [-0.05, 0) is 63.2 Å². The number of hydrogen-bond acceptors (Lipinski definition) is 6. The summed E-state index contributed by atoms with van der Waals surface area (Å²) in [6, 6.07) is 4.09. The minimum atomic E-state index is 0.528. The van der Waals surface area contributed by atoms with Crippen LogP contribution in [0.3, 0.4) is 0 Å². The predicted molar refractivity (Wildman–Crippen MR) is 125 cm³/mol. The van der Waals surface area contributed by atoms with Crippen molar-refractivity contribution in [3.8, 4) is 11.5 Å². The number of ether oxygens (including phenoxy) is 2. The molecule has 166 valence electrons. The number of fused-ring (bicyclic) bond motifs is 1. The zero-order chi connectivity index (χ0) is 21.8. The third-order valence-electron chi connectivity index (χ3n) is 6.11. The van der Waals surface area contributed by atoms with E-state index in [-0.39, 0.29) is 0 Å². The zero-order valence-corrected chi connectivity index (χ0v) is 19.2. The Bertz CT molecular complexity index is 949. The van der Waals surface area contributed by atoms with Crippen LogP contribution >= 0.6 is 0 Å². The molecule has 0 spiro atoms. The van der Waals surface area contributed by atoms with Crippen LogP contribution in [-0.2, 0) is 6.42 Å². The fourth-order valence-electron chi connectivity index (χ4n) is 4.34. The first kappa shape index (κ1) is 21.6. The third kappa shape index (κ3) is 5.18. The lowest BCUT2D eigenvalue weighted by molar-refractivity contribution is 0.254. The first-order chi connectivity index (χ1) is 15.0. The van der Waals surface area contributed by atoms with Crippen molar-refractivity contribution >= 4 is 17.7 Å². The van der Waals surface area contributed by atoms with Gasteiger partial charge in [0, 0.05) is 23.9 Å². The van der Waals surface area contributed by atoms with Gasteiger partial charge >= 0.3 is 0 Å². The molecule has 3 heterocycles. The Labute approximate surface area is 185 Å². The second-order valence-corrected chi connectivity index (χ2v) is 8.83. The molecule has 6 nitrogen and oxygen atoms in total. The third-order valence-corrected chi connectivity index (χ3v) is 6.11. The SMILES string of the molecule is COc1cnc(Nc2nc(C)cc3c2C=C(C(C)C)C3)cc1OCCCN1CCCC1. The van der Waals surface area contributed by atoms with E-state index in [1.807, 2.05) is 13.0 Å². The molecule has 6 heteroatoms. The number of likely N-dealkylation sites (tertiary alicyclic amines) is 1. The number of hydrogen-bond donors (Lipinski definition) is 1. The lowest BCUT2D eigenvalue weighted by Crippen LogP contribution is -2.22. The molecular weight excluding hydrogens is 388 g/mol. The zero-order valence-electron chi connectivity index (χ0n) is 19.2. The fourth-order valence-corrected chi connectivity index (χ4v) is 4.34. The highest BCUT2D eigenvalue weighted by molar-refractivity contribution is 5.76.